The Morgan fingerprint density at radius 3 is 2.71 bits per heavy atom. The van der Waals surface area contributed by atoms with Gasteiger partial charge in [-0.1, -0.05) is 35.9 Å². The van der Waals surface area contributed by atoms with Crippen LogP contribution in [0.1, 0.15) is 53.1 Å². The minimum atomic E-state index is -0.217. The van der Waals surface area contributed by atoms with Crippen molar-refractivity contribution in [2.45, 2.75) is 44.7 Å². The molecule has 0 bridgehead atoms. The molecule has 1 aliphatic heterocycles. The molecule has 1 saturated heterocycles. The Hall–Kier alpha value is -3.55. The van der Waals surface area contributed by atoms with E-state index in [0.717, 1.165) is 33.9 Å². The number of aldehydes is 1. The molecule has 0 spiro atoms. The fourth-order valence-electron chi connectivity index (χ4n) is 5.44. The van der Waals surface area contributed by atoms with Gasteiger partial charge in [-0.25, -0.2) is 4.39 Å². The number of hydrogen-bond acceptors (Lipinski definition) is 4. The Kier molecular flexibility index (Phi) is 7.86. The molecule has 3 heterocycles. The van der Waals surface area contributed by atoms with Crippen LogP contribution in [-0.4, -0.2) is 39.7 Å². The van der Waals surface area contributed by atoms with Crippen LogP contribution in [0.4, 0.5) is 4.39 Å². The maximum absolute atomic E-state index is 14.6. The Bertz CT molecular complexity index is 1480. The summed E-state index contributed by atoms with van der Waals surface area (Å²) in [7, 11) is 0. The smallest absolute Gasteiger partial charge is 0.256 e. The third-order valence-corrected chi connectivity index (χ3v) is 7.60. The maximum atomic E-state index is 14.6. The number of piperidine rings is 1. The molecule has 4 aromatic rings. The van der Waals surface area contributed by atoms with E-state index in [1.807, 2.05) is 46.0 Å². The lowest BCUT2D eigenvalue weighted by Gasteiger charge is -2.32. The number of pyridine rings is 1. The van der Waals surface area contributed by atoms with Crippen LogP contribution in [0.2, 0.25) is 5.02 Å². The SMILES string of the molecule is NCc1ccc(F)c(C2CCN(C(=O)c3cn(CCCC=O)c4cccc(-c5cncc(Cl)c5)c34)CC2)c1. The number of nitrogens with two attached hydrogens (primary N) is 1. The van der Waals surface area contributed by atoms with Crippen molar-refractivity contribution < 1.29 is 14.0 Å². The van der Waals surface area contributed by atoms with E-state index in [4.69, 9.17) is 17.3 Å². The van der Waals surface area contributed by atoms with Gasteiger partial charge < -0.3 is 20.0 Å². The van der Waals surface area contributed by atoms with Crippen LogP contribution in [0.25, 0.3) is 22.0 Å². The fourth-order valence-corrected chi connectivity index (χ4v) is 5.62. The number of amides is 1. The van der Waals surface area contributed by atoms with Gasteiger partial charge in [-0.2, -0.15) is 0 Å². The van der Waals surface area contributed by atoms with Crippen molar-refractivity contribution in [2.24, 2.45) is 5.73 Å². The normalized spacial score (nSPS) is 14.2. The van der Waals surface area contributed by atoms with Gasteiger partial charge in [0.15, 0.2) is 0 Å². The second kappa shape index (κ2) is 11.5. The summed E-state index contributed by atoms with van der Waals surface area (Å²) in [5.41, 5.74) is 10.6. The number of hydrogen-bond donors (Lipinski definition) is 1. The van der Waals surface area contributed by atoms with Crippen LogP contribution in [0.15, 0.2) is 61.1 Å². The van der Waals surface area contributed by atoms with Gasteiger partial charge in [-0.05, 0) is 60.1 Å². The second-order valence-electron chi connectivity index (χ2n) is 9.76. The number of carbonyl (C=O) groups excluding carboxylic acids is 2. The lowest BCUT2D eigenvalue weighted by Crippen LogP contribution is -2.38. The molecule has 6 nitrogen and oxygen atoms in total. The van der Waals surface area contributed by atoms with E-state index >= 15 is 0 Å². The number of benzene rings is 2. The molecule has 2 aromatic carbocycles. The van der Waals surface area contributed by atoms with Gasteiger partial charge in [0.25, 0.3) is 5.91 Å². The quantitative estimate of drug-likeness (QED) is 0.224. The summed E-state index contributed by atoms with van der Waals surface area (Å²) in [4.78, 5) is 31.0. The Morgan fingerprint density at radius 2 is 1.97 bits per heavy atom. The number of fused-ring (bicyclic) bond motifs is 1. The zero-order valence-corrected chi connectivity index (χ0v) is 21.8. The number of likely N-dealkylation sites (tertiary alicyclic amines) is 1. The van der Waals surface area contributed by atoms with Crippen LogP contribution in [0.5, 0.6) is 0 Å². The van der Waals surface area contributed by atoms with E-state index in [1.54, 1.807) is 18.5 Å². The van der Waals surface area contributed by atoms with E-state index in [2.05, 4.69) is 4.98 Å². The van der Waals surface area contributed by atoms with Gasteiger partial charge in [0.05, 0.1) is 10.6 Å². The van der Waals surface area contributed by atoms with E-state index in [9.17, 15) is 14.0 Å². The summed E-state index contributed by atoms with van der Waals surface area (Å²) in [6, 6.07) is 12.8. The molecular weight excluding hydrogens is 503 g/mol. The molecule has 2 aromatic heterocycles. The minimum absolute atomic E-state index is 0.0447. The highest BCUT2D eigenvalue weighted by Gasteiger charge is 2.29. The van der Waals surface area contributed by atoms with Crippen LogP contribution < -0.4 is 5.73 Å². The number of unbranched alkanes of at least 4 members (excludes halogenated alkanes) is 1. The molecule has 0 saturated carbocycles. The third kappa shape index (κ3) is 5.22. The largest absolute Gasteiger partial charge is 0.347 e. The van der Waals surface area contributed by atoms with Crippen molar-refractivity contribution in [1.82, 2.24) is 14.5 Å². The zero-order valence-electron chi connectivity index (χ0n) is 21.1. The molecule has 0 unspecified atom stereocenters. The van der Waals surface area contributed by atoms with Gasteiger partial charge in [0, 0.05) is 67.7 Å². The second-order valence-corrected chi connectivity index (χ2v) is 10.2. The molecular formula is C30H30ClFN4O2. The Labute approximate surface area is 226 Å². The fraction of sp³-hybridized carbons (Fsp3) is 0.300. The molecule has 8 heteroatoms. The van der Waals surface area contributed by atoms with Crippen molar-refractivity contribution in [1.29, 1.82) is 0 Å². The van der Waals surface area contributed by atoms with Crippen LogP contribution >= 0.6 is 11.6 Å². The average molecular weight is 533 g/mol. The minimum Gasteiger partial charge on any atom is -0.347 e. The monoisotopic (exact) mass is 532 g/mol. The predicted molar refractivity (Wildman–Crippen MR) is 148 cm³/mol. The molecule has 2 N–H and O–H groups in total. The summed E-state index contributed by atoms with van der Waals surface area (Å²) >= 11 is 6.24. The summed E-state index contributed by atoms with van der Waals surface area (Å²) in [5.74, 6) is -0.227. The van der Waals surface area contributed by atoms with Gasteiger partial charge in [0.1, 0.15) is 12.1 Å². The van der Waals surface area contributed by atoms with Crippen molar-refractivity contribution >= 4 is 34.7 Å². The lowest BCUT2D eigenvalue weighted by molar-refractivity contribution is -0.107. The Balaban J connectivity index is 1.47. The van der Waals surface area contributed by atoms with Crippen molar-refractivity contribution in [2.75, 3.05) is 13.1 Å². The Morgan fingerprint density at radius 1 is 1.16 bits per heavy atom. The zero-order chi connectivity index (χ0) is 26.6. The van der Waals surface area contributed by atoms with E-state index < -0.39 is 0 Å². The number of aromatic nitrogens is 2. The third-order valence-electron chi connectivity index (χ3n) is 7.39. The molecule has 196 valence electrons. The number of aryl methyl sites for hydroxylation is 1. The average Bonchev–Trinajstić information content (AvgIpc) is 3.32. The van der Waals surface area contributed by atoms with Crippen molar-refractivity contribution in [3.05, 3.63) is 88.6 Å². The highest BCUT2D eigenvalue weighted by molar-refractivity contribution is 6.30. The summed E-state index contributed by atoms with van der Waals surface area (Å²) < 4.78 is 16.6. The van der Waals surface area contributed by atoms with Gasteiger partial charge in [0.2, 0.25) is 0 Å². The topological polar surface area (TPSA) is 81.2 Å². The molecule has 5 rings (SSSR count). The van der Waals surface area contributed by atoms with E-state index in [0.29, 0.717) is 68.0 Å². The molecule has 1 fully saturated rings. The molecule has 1 aliphatic rings. The first-order valence-corrected chi connectivity index (χ1v) is 13.3. The summed E-state index contributed by atoms with van der Waals surface area (Å²) in [5, 5.41) is 1.36. The molecule has 0 aliphatic carbocycles. The number of rotatable bonds is 8. The number of carbonyl (C=O) groups is 2. The highest BCUT2D eigenvalue weighted by Crippen LogP contribution is 2.36. The number of nitrogens with zero attached hydrogens (tertiary/aromatic N) is 3. The van der Waals surface area contributed by atoms with Crippen molar-refractivity contribution in [3.8, 4) is 11.1 Å². The molecule has 1 amide bonds. The first kappa shape index (κ1) is 26.1. The first-order valence-electron chi connectivity index (χ1n) is 12.9. The molecule has 0 radical (unpaired) electrons. The van der Waals surface area contributed by atoms with Crippen molar-refractivity contribution in [3.63, 3.8) is 0 Å². The first-order chi connectivity index (χ1) is 18.5. The molecule has 0 atom stereocenters. The molecule has 38 heavy (non-hydrogen) atoms. The standard InChI is InChI=1S/C30H30ClFN4O2/c31-23-15-22(17-34-18-23)24-4-3-5-28-29(24)26(19-36(28)10-1-2-13-37)30(38)35-11-8-21(9-12-35)25-14-20(16-33)6-7-27(25)32/h3-7,13-15,17-19,21H,1-2,8-12,16,33H2. The van der Waals surface area contributed by atoms with Crippen LogP contribution in [-0.2, 0) is 17.9 Å². The highest BCUT2D eigenvalue weighted by atomic mass is 35.5. The van der Waals surface area contributed by atoms with E-state index in [1.165, 1.54) is 6.07 Å². The predicted octanol–water partition coefficient (Wildman–Crippen LogP) is 5.95. The van der Waals surface area contributed by atoms with Gasteiger partial charge in [-0.3, -0.25) is 9.78 Å². The van der Waals surface area contributed by atoms with E-state index in [-0.39, 0.29) is 17.6 Å². The summed E-state index contributed by atoms with van der Waals surface area (Å²) in [6.45, 7) is 2.06. The summed E-state index contributed by atoms with van der Waals surface area (Å²) in [6.07, 6.45) is 8.64. The maximum Gasteiger partial charge on any atom is 0.256 e. The number of halogens is 2. The lowest BCUT2D eigenvalue weighted by atomic mass is 9.88. The van der Waals surface area contributed by atoms with Crippen LogP contribution in [0.3, 0.4) is 0 Å². The van der Waals surface area contributed by atoms with Gasteiger partial charge in [-0.15, -0.1) is 0 Å². The van der Waals surface area contributed by atoms with Crippen LogP contribution in [0, 0.1) is 5.82 Å². The van der Waals surface area contributed by atoms with Gasteiger partial charge >= 0.3 is 0 Å².